The van der Waals surface area contributed by atoms with Crippen molar-refractivity contribution in [3.8, 4) is 11.4 Å². The summed E-state index contributed by atoms with van der Waals surface area (Å²) in [5.74, 6) is -12.4. The zero-order valence-corrected chi connectivity index (χ0v) is 13.5. The number of aryl methyl sites for hydroxylation is 1. The first-order valence-electron chi connectivity index (χ1n) is 7.31. The van der Waals surface area contributed by atoms with Crippen LogP contribution >= 0.6 is 0 Å². The Labute approximate surface area is 151 Å². The van der Waals surface area contributed by atoms with Gasteiger partial charge in [0, 0.05) is 29.0 Å². The van der Waals surface area contributed by atoms with Gasteiger partial charge in [0.05, 0.1) is 0 Å². The molecule has 1 aromatic heterocycles. The SMILES string of the molecule is [N-]=[N+]=NC(=O)c1ccc(-c2ncn(CCC(F)(F)C(F)(F)C(F)(F)F)n2)cc1. The Morgan fingerprint density at radius 3 is 2.25 bits per heavy atom. The van der Waals surface area contributed by atoms with E-state index in [2.05, 4.69) is 20.1 Å². The summed E-state index contributed by atoms with van der Waals surface area (Å²) < 4.78 is 89.3. The second-order valence-corrected chi connectivity index (χ2v) is 5.43. The predicted molar refractivity (Wildman–Crippen MR) is 79.5 cm³/mol. The summed E-state index contributed by atoms with van der Waals surface area (Å²) in [7, 11) is 0. The number of hydrogen-bond acceptors (Lipinski definition) is 3. The maximum Gasteiger partial charge on any atom is 0.459 e. The Balaban J connectivity index is 2.10. The van der Waals surface area contributed by atoms with Crippen molar-refractivity contribution in [3.63, 3.8) is 0 Å². The third-order valence-corrected chi connectivity index (χ3v) is 3.53. The van der Waals surface area contributed by atoms with Crippen LogP contribution in [0.1, 0.15) is 16.8 Å². The van der Waals surface area contributed by atoms with Crippen LogP contribution in [-0.2, 0) is 6.54 Å². The minimum Gasteiger partial charge on any atom is -0.287 e. The van der Waals surface area contributed by atoms with E-state index in [1.54, 1.807) is 0 Å². The molecule has 0 aliphatic carbocycles. The van der Waals surface area contributed by atoms with E-state index in [1.807, 2.05) is 0 Å². The zero-order chi connectivity index (χ0) is 21.2. The van der Waals surface area contributed by atoms with E-state index in [9.17, 15) is 35.5 Å². The number of benzene rings is 1. The highest BCUT2D eigenvalue weighted by molar-refractivity contribution is 5.95. The van der Waals surface area contributed by atoms with Crippen LogP contribution in [0.2, 0.25) is 0 Å². The second kappa shape index (κ2) is 7.46. The number of hydrogen-bond donors (Lipinski definition) is 0. The van der Waals surface area contributed by atoms with Gasteiger partial charge in [0.15, 0.2) is 5.82 Å². The van der Waals surface area contributed by atoms with E-state index in [1.165, 1.54) is 24.3 Å². The summed E-state index contributed by atoms with van der Waals surface area (Å²) in [5, 5.41) is 6.60. The molecule has 28 heavy (non-hydrogen) atoms. The molecule has 0 N–H and O–H groups in total. The molecule has 150 valence electrons. The lowest BCUT2D eigenvalue weighted by Crippen LogP contribution is -2.52. The third-order valence-electron chi connectivity index (χ3n) is 3.53. The summed E-state index contributed by atoms with van der Waals surface area (Å²) in [6.07, 6.45) is -7.32. The van der Waals surface area contributed by atoms with E-state index in [4.69, 9.17) is 5.53 Å². The molecule has 7 nitrogen and oxygen atoms in total. The molecule has 0 aliphatic heterocycles. The number of carbonyl (C=O) groups excluding carboxylic acids is 1. The molecule has 2 aromatic rings. The van der Waals surface area contributed by atoms with Crippen molar-refractivity contribution in [2.45, 2.75) is 31.0 Å². The molecule has 0 saturated heterocycles. The van der Waals surface area contributed by atoms with Crippen molar-refractivity contribution in [2.24, 2.45) is 5.11 Å². The average Bonchev–Trinajstić information content (AvgIpc) is 3.08. The lowest BCUT2D eigenvalue weighted by atomic mass is 10.1. The quantitative estimate of drug-likeness (QED) is 0.301. The molecule has 1 heterocycles. The van der Waals surface area contributed by atoms with E-state index >= 15 is 0 Å². The van der Waals surface area contributed by atoms with Crippen LogP contribution < -0.4 is 0 Å². The van der Waals surface area contributed by atoms with Crippen LogP contribution in [0, 0.1) is 0 Å². The van der Waals surface area contributed by atoms with Gasteiger partial charge in [-0.15, -0.1) is 0 Å². The number of alkyl halides is 7. The largest absolute Gasteiger partial charge is 0.459 e. The molecule has 1 amide bonds. The van der Waals surface area contributed by atoms with Gasteiger partial charge in [0.1, 0.15) is 6.33 Å². The van der Waals surface area contributed by atoms with Crippen molar-refractivity contribution in [1.29, 1.82) is 0 Å². The van der Waals surface area contributed by atoms with Gasteiger partial charge in [-0.05, 0) is 10.6 Å². The third kappa shape index (κ3) is 4.22. The summed E-state index contributed by atoms with van der Waals surface area (Å²) in [6.45, 7) is -0.945. The highest BCUT2D eigenvalue weighted by Gasteiger charge is 2.72. The molecule has 14 heteroatoms. The van der Waals surface area contributed by atoms with Crippen molar-refractivity contribution >= 4 is 5.91 Å². The first-order valence-corrected chi connectivity index (χ1v) is 7.31. The fraction of sp³-hybridized carbons (Fsp3) is 0.357. The smallest absolute Gasteiger partial charge is 0.287 e. The molecular weight excluding hydrogens is 401 g/mol. The number of amides is 1. The monoisotopic (exact) mass is 410 g/mol. The molecule has 0 aliphatic rings. The Bertz CT molecular complexity index is 900. The van der Waals surface area contributed by atoms with E-state index < -0.39 is 36.9 Å². The van der Waals surface area contributed by atoms with Crippen LogP contribution in [0.5, 0.6) is 0 Å². The standard InChI is InChI=1S/C14H9F7N6O/c15-12(16,13(17,18)14(19,20)21)5-6-27-7-23-10(25-27)8-1-3-9(4-2-8)11(28)24-26-22/h1-4,7H,5-6H2. The lowest BCUT2D eigenvalue weighted by molar-refractivity contribution is -0.356. The summed E-state index contributed by atoms with van der Waals surface area (Å²) in [6, 6.07) is 5.22. The number of aromatic nitrogens is 3. The normalized spacial score (nSPS) is 12.5. The highest BCUT2D eigenvalue weighted by Crippen LogP contribution is 2.48. The first-order chi connectivity index (χ1) is 12.9. The van der Waals surface area contributed by atoms with E-state index in [-0.39, 0.29) is 11.4 Å². The van der Waals surface area contributed by atoms with Gasteiger partial charge >= 0.3 is 18.0 Å². The molecule has 0 saturated carbocycles. The fourth-order valence-electron chi connectivity index (χ4n) is 2.01. The zero-order valence-electron chi connectivity index (χ0n) is 13.5. The molecular formula is C14H9F7N6O. The van der Waals surface area contributed by atoms with Crippen molar-refractivity contribution in [2.75, 3.05) is 0 Å². The Hall–Kier alpha value is -3.15. The number of halogens is 7. The number of rotatable bonds is 6. The van der Waals surface area contributed by atoms with Crippen LogP contribution in [0.4, 0.5) is 30.7 Å². The molecule has 0 atom stereocenters. The first kappa shape index (κ1) is 21.2. The Kier molecular flexibility index (Phi) is 5.64. The molecule has 0 radical (unpaired) electrons. The van der Waals surface area contributed by atoms with Crippen LogP contribution in [0.15, 0.2) is 35.7 Å². The lowest BCUT2D eigenvalue weighted by Gasteiger charge is -2.27. The Morgan fingerprint density at radius 2 is 1.71 bits per heavy atom. The molecule has 0 spiro atoms. The van der Waals surface area contributed by atoms with Crippen molar-refractivity contribution < 1.29 is 35.5 Å². The topological polar surface area (TPSA) is 96.5 Å². The van der Waals surface area contributed by atoms with Gasteiger partial charge < -0.3 is 0 Å². The average molecular weight is 410 g/mol. The number of carbonyl (C=O) groups is 1. The predicted octanol–water partition coefficient (Wildman–Crippen LogP) is 4.62. The highest BCUT2D eigenvalue weighted by atomic mass is 19.4. The van der Waals surface area contributed by atoms with Gasteiger partial charge in [-0.25, -0.2) is 4.98 Å². The van der Waals surface area contributed by atoms with Crippen molar-refractivity contribution in [1.82, 2.24) is 14.8 Å². The minimum atomic E-state index is -6.39. The maximum atomic E-state index is 13.3. The van der Waals surface area contributed by atoms with Gasteiger partial charge in [0.25, 0.3) is 0 Å². The molecule has 0 fully saturated rings. The van der Waals surface area contributed by atoms with Crippen LogP contribution in [0.3, 0.4) is 0 Å². The molecule has 0 bridgehead atoms. The summed E-state index contributed by atoms with van der Waals surface area (Å²) >= 11 is 0. The molecule has 0 unspecified atom stereocenters. The summed E-state index contributed by atoms with van der Waals surface area (Å²) in [4.78, 5) is 17.4. The van der Waals surface area contributed by atoms with Gasteiger partial charge in [-0.1, -0.05) is 24.3 Å². The minimum absolute atomic E-state index is 0.0475. The Morgan fingerprint density at radius 1 is 1.11 bits per heavy atom. The molecule has 2 rings (SSSR count). The van der Waals surface area contributed by atoms with Crippen LogP contribution in [-0.4, -0.2) is 38.7 Å². The van der Waals surface area contributed by atoms with Gasteiger partial charge in [-0.2, -0.15) is 35.8 Å². The van der Waals surface area contributed by atoms with E-state index in [0.29, 0.717) is 10.2 Å². The maximum absolute atomic E-state index is 13.3. The van der Waals surface area contributed by atoms with Crippen LogP contribution in [0.25, 0.3) is 21.8 Å². The fourth-order valence-corrected chi connectivity index (χ4v) is 2.01. The van der Waals surface area contributed by atoms with E-state index in [0.717, 1.165) is 6.33 Å². The van der Waals surface area contributed by atoms with Gasteiger partial charge in [0.2, 0.25) is 5.91 Å². The molecule has 1 aromatic carbocycles. The second-order valence-electron chi connectivity index (χ2n) is 5.43. The number of nitrogens with zero attached hydrogens (tertiary/aromatic N) is 6. The van der Waals surface area contributed by atoms with Gasteiger partial charge in [-0.3, -0.25) is 9.48 Å². The number of azide groups is 1. The van der Waals surface area contributed by atoms with Crippen molar-refractivity contribution in [3.05, 3.63) is 46.6 Å². The summed E-state index contributed by atoms with van der Waals surface area (Å²) in [5.41, 5.74) is 8.53.